The summed E-state index contributed by atoms with van der Waals surface area (Å²) in [5.74, 6) is -0.468. The van der Waals surface area contributed by atoms with Gasteiger partial charge in [-0.1, -0.05) is 6.07 Å². The second-order valence-corrected chi connectivity index (χ2v) is 3.85. The molecule has 6 heteroatoms. The minimum Gasteiger partial charge on any atom is -0.492 e. The first-order valence-electron chi connectivity index (χ1n) is 6.01. The monoisotopic (exact) mass is 266 g/mol. The van der Waals surface area contributed by atoms with E-state index in [9.17, 15) is 9.59 Å². The Kier molecular flexibility index (Phi) is 6.38. The van der Waals surface area contributed by atoms with Crippen LogP contribution in [0.4, 0.5) is 0 Å². The molecule has 0 aromatic heterocycles. The first-order valence-corrected chi connectivity index (χ1v) is 6.01. The Balaban J connectivity index is 2.21. The van der Waals surface area contributed by atoms with Crippen LogP contribution in [0.1, 0.15) is 16.8 Å². The highest BCUT2D eigenvalue weighted by molar-refractivity contribution is 5.87. The zero-order chi connectivity index (χ0) is 14.1. The van der Waals surface area contributed by atoms with Gasteiger partial charge in [0.25, 0.3) is 0 Å². The molecule has 0 saturated carbocycles. The maximum absolute atomic E-state index is 10.9. The summed E-state index contributed by atoms with van der Waals surface area (Å²) in [6, 6.07) is 6.33. The van der Waals surface area contributed by atoms with Crippen LogP contribution in [0.3, 0.4) is 0 Å². The predicted octanol–water partition coefficient (Wildman–Crippen LogP) is 0.489. The van der Waals surface area contributed by atoms with Gasteiger partial charge in [-0.15, -0.1) is 0 Å². The zero-order valence-corrected chi connectivity index (χ0v) is 10.8. The van der Waals surface area contributed by atoms with Crippen molar-refractivity contribution in [3.63, 3.8) is 0 Å². The van der Waals surface area contributed by atoms with E-state index in [4.69, 9.17) is 9.84 Å². The Bertz CT molecular complexity index is 434. The lowest BCUT2D eigenvalue weighted by molar-refractivity contribution is -0.120. The second-order valence-electron chi connectivity index (χ2n) is 3.85. The average Bonchev–Trinajstić information content (AvgIpc) is 2.42. The highest BCUT2D eigenvalue weighted by atomic mass is 16.5. The molecule has 1 rings (SSSR count). The van der Waals surface area contributed by atoms with Gasteiger partial charge in [-0.05, 0) is 18.2 Å². The number of hydrogen-bond donors (Lipinski definition) is 3. The molecule has 0 heterocycles. The molecule has 0 fully saturated rings. The van der Waals surface area contributed by atoms with Gasteiger partial charge in [0.15, 0.2) is 0 Å². The number of carbonyl (C=O) groups excluding carboxylic acids is 1. The van der Waals surface area contributed by atoms with E-state index in [2.05, 4.69) is 10.6 Å². The number of nitrogens with one attached hydrogen (secondary N) is 2. The summed E-state index contributed by atoms with van der Waals surface area (Å²) in [6.07, 6.45) is 0.422. The van der Waals surface area contributed by atoms with Gasteiger partial charge in [-0.3, -0.25) is 4.79 Å². The smallest absolute Gasteiger partial charge is 0.335 e. The Labute approximate surface area is 111 Å². The van der Waals surface area contributed by atoms with Crippen molar-refractivity contribution < 1.29 is 19.4 Å². The number of carboxylic acids is 1. The van der Waals surface area contributed by atoms with E-state index in [0.717, 1.165) is 0 Å². The first-order chi connectivity index (χ1) is 9.13. The highest BCUT2D eigenvalue weighted by Gasteiger charge is 2.03. The maximum Gasteiger partial charge on any atom is 0.335 e. The molecular formula is C13H18N2O4. The number of ether oxygens (including phenoxy) is 1. The molecule has 0 spiro atoms. The predicted molar refractivity (Wildman–Crippen MR) is 70.4 cm³/mol. The van der Waals surface area contributed by atoms with E-state index in [0.29, 0.717) is 31.9 Å². The second kappa shape index (κ2) is 8.10. The number of aromatic carboxylic acids is 1. The zero-order valence-electron chi connectivity index (χ0n) is 10.8. The molecular weight excluding hydrogens is 248 g/mol. The fourth-order valence-electron chi connectivity index (χ4n) is 1.41. The third kappa shape index (κ3) is 5.87. The quantitative estimate of drug-likeness (QED) is 0.596. The van der Waals surface area contributed by atoms with Gasteiger partial charge in [-0.2, -0.15) is 0 Å². The molecule has 0 aliphatic heterocycles. The van der Waals surface area contributed by atoms with Gasteiger partial charge in [0.1, 0.15) is 12.4 Å². The maximum atomic E-state index is 10.9. The summed E-state index contributed by atoms with van der Waals surface area (Å²) < 4.78 is 5.40. The molecule has 104 valence electrons. The van der Waals surface area contributed by atoms with Gasteiger partial charge in [0.05, 0.1) is 5.56 Å². The van der Waals surface area contributed by atoms with Crippen LogP contribution in [0, 0.1) is 0 Å². The molecule has 1 amide bonds. The molecule has 0 bridgehead atoms. The largest absolute Gasteiger partial charge is 0.492 e. The lowest BCUT2D eigenvalue weighted by Crippen LogP contribution is -2.27. The van der Waals surface area contributed by atoms with Crippen LogP contribution in [0.5, 0.6) is 5.75 Å². The van der Waals surface area contributed by atoms with E-state index < -0.39 is 5.97 Å². The third-order valence-corrected chi connectivity index (χ3v) is 2.44. The van der Waals surface area contributed by atoms with Crippen molar-refractivity contribution in [2.24, 2.45) is 0 Å². The van der Waals surface area contributed by atoms with Gasteiger partial charge in [0.2, 0.25) is 5.91 Å². The van der Waals surface area contributed by atoms with Crippen molar-refractivity contribution in [3.8, 4) is 5.75 Å². The fourth-order valence-corrected chi connectivity index (χ4v) is 1.41. The minimum atomic E-state index is -0.978. The number of amides is 1. The molecule has 19 heavy (non-hydrogen) atoms. The Morgan fingerprint density at radius 2 is 2.11 bits per heavy atom. The third-order valence-electron chi connectivity index (χ3n) is 2.44. The molecule has 1 aromatic carbocycles. The molecule has 0 radical (unpaired) electrons. The van der Waals surface area contributed by atoms with Gasteiger partial charge < -0.3 is 20.5 Å². The number of benzene rings is 1. The molecule has 0 aliphatic rings. The summed E-state index contributed by atoms with van der Waals surface area (Å²) in [6.45, 7) is 1.59. The van der Waals surface area contributed by atoms with Crippen LogP contribution >= 0.6 is 0 Å². The van der Waals surface area contributed by atoms with E-state index in [-0.39, 0.29) is 11.5 Å². The molecule has 0 saturated heterocycles. The van der Waals surface area contributed by atoms with Crippen molar-refractivity contribution in [2.75, 3.05) is 26.7 Å². The van der Waals surface area contributed by atoms with E-state index in [1.165, 1.54) is 12.1 Å². The fraction of sp³-hybridized carbons (Fsp3) is 0.385. The minimum absolute atomic E-state index is 0.0115. The lowest BCUT2D eigenvalue weighted by atomic mass is 10.2. The number of rotatable bonds is 8. The molecule has 0 atom stereocenters. The SMILES string of the molecule is CNC(=O)CCNCCOc1cccc(C(=O)O)c1. The topological polar surface area (TPSA) is 87.7 Å². The lowest BCUT2D eigenvalue weighted by Gasteiger charge is -2.07. The van der Waals surface area contributed by atoms with E-state index in [1.54, 1.807) is 19.2 Å². The summed E-state index contributed by atoms with van der Waals surface area (Å²) in [5.41, 5.74) is 0.199. The average molecular weight is 266 g/mol. The summed E-state index contributed by atoms with van der Waals surface area (Å²) in [4.78, 5) is 21.7. The molecule has 3 N–H and O–H groups in total. The van der Waals surface area contributed by atoms with Crippen molar-refractivity contribution in [1.82, 2.24) is 10.6 Å². The summed E-state index contributed by atoms with van der Waals surface area (Å²) >= 11 is 0. The van der Waals surface area contributed by atoms with Crippen LogP contribution in [0.2, 0.25) is 0 Å². The van der Waals surface area contributed by atoms with Crippen molar-refractivity contribution in [1.29, 1.82) is 0 Å². The van der Waals surface area contributed by atoms with Gasteiger partial charge in [0, 0.05) is 26.6 Å². The van der Waals surface area contributed by atoms with Crippen LogP contribution in [0.25, 0.3) is 0 Å². The Morgan fingerprint density at radius 3 is 2.79 bits per heavy atom. The van der Waals surface area contributed by atoms with E-state index >= 15 is 0 Å². The highest BCUT2D eigenvalue weighted by Crippen LogP contribution is 2.12. The molecule has 1 aromatic rings. The normalized spacial score (nSPS) is 9.95. The number of hydrogen-bond acceptors (Lipinski definition) is 4. The van der Waals surface area contributed by atoms with E-state index in [1.807, 2.05) is 0 Å². The standard InChI is InChI=1S/C13H18N2O4/c1-14-12(16)5-6-15-7-8-19-11-4-2-3-10(9-11)13(17)18/h2-4,9,15H,5-8H2,1H3,(H,14,16)(H,17,18). The first kappa shape index (κ1) is 15.0. The van der Waals surface area contributed by atoms with Crippen molar-refractivity contribution >= 4 is 11.9 Å². The van der Waals surface area contributed by atoms with Crippen molar-refractivity contribution in [2.45, 2.75) is 6.42 Å². The van der Waals surface area contributed by atoms with Gasteiger partial charge >= 0.3 is 5.97 Å². The van der Waals surface area contributed by atoms with Crippen molar-refractivity contribution in [3.05, 3.63) is 29.8 Å². The number of carbonyl (C=O) groups is 2. The van der Waals surface area contributed by atoms with Crippen LogP contribution in [-0.2, 0) is 4.79 Å². The molecule has 0 unspecified atom stereocenters. The molecule has 0 aliphatic carbocycles. The number of carboxylic acid groups (broad SMARTS) is 1. The van der Waals surface area contributed by atoms with Crippen LogP contribution in [-0.4, -0.2) is 43.7 Å². The van der Waals surface area contributed by atoms with Crippen LogP contribution in [0.15, 0.2) is 24.3 Å². The Hall–Kier alpha value is -2.08. The van der Waals surface area contributed by atoms with Crippen LogP contribution < -0.4 is 15.4 Å². The molecule has 6 nitrogen and oxygen atoms in total. The summed E-state index contributed by atoms with van der Waals surface area (Å²) in [7, 11) is 1.60. The Morgan fingerprint density at radius 1 is 1.32 bits per heavy atom. The summed E-state index contributed by atoms with van der Waals surface area (Å²) in [5, 5.41) is 14.4. The van der Waals surface area contributed by atoms with Gasteiger partial charge in [-0.25, -0.2) is 4.79 Å².